The molecule has 0 N–H and O–H groups in total. The number of para-hydroxylation sites is 1. The van der Waals surface area contributed by atoms with Crippen molar-refractivity contribution in [3.8, 4) is 0 Å². The Balaban J connectivity index is 1.76. The quantitative estimate of drug-likeness (QED) is 0.278. The maximum absolute atomic E-state index is 13.5. The minimum atomic E-state index is -0.775. The fraction of sp³-hybridized carbons (Fsp3) is 0.227. The van der Waals surface area contributed by atoms with E-state index in [2.05, 4.69) is 15.9 Å². The zero-order chi connectivity index (χ0) is 22.1. The maximum atomic E-state index is 13.5. The molecule has 0 aromatic heterocycles. The van der Waals surface area contributed by atoms with E-state index in [1.165, 1.54) is 24.3 Å². The fourth-order valence-electron chi connectivity index (χ4n) is 3.97. The molecule has 2 aliphatic rings. The van der Waals surface area contributed by atoms with Crippen LogP contribution in [-0.2, 0) is 16.1 Å². The molecule has 0 spiro atoms. The first-order valence-electron chi connectivity index (χ1n) is 9.71. The molecule has 2 aromatic carbocycles. The third-order valence-corrected chi connectivity index (χ3v) is 6.07. The summed E-state index contributed by atoms with van der Waals surface area (Å²) >= 11 is 3.35. The summed E-state index contributed by atoms with van der Waals surface area (Å²) in [6, 6.07) is 12.6. The molecule has 0 saturated carbocycles. The van der Waals surface area contributed by atoms with Crippen molar-refractivity contribution >= 4 is 39.3 Å². The summed E-state index contributed by atoms with van der Waals surface area (Å²) in [5, 5.41) is 13.4. The highest BCUT2D eigenvalue weighted by Crippen LogP contribution is 2.37. The number of carbonyl (C=O) groups is 3. The minimum absolute atomic E-state index is 0.0808. The number of hydrogen-bond acceptors (Lipinski definition) is 5. The maximum Gasteiger partial charge on any atom is 0.282 e. The van der Waals surface area contributed by atoms with Gasteiger partial charge in [-0.15, -0.1) is 0 Å². The van der Waals surface area contributed by atoms with Gasteiger partial charge in [-0.3, -0.25) is 24.5 Å². The van der Waals surface area contributed by atoms with Crippen molar-refractivity contribution in [2.75, 3.05) is 0 Å². The van der Waals surface area contributed by atoms with Crippen molar-refractivity contribution in [1.82, 2.24) is 10.0 Å². The van der Waals surface area contributed by atoms with Crippen molar-refractivity contribution < 1.29 is 19.3 Å². The Labute approximate surface area is 186 Å². The second kappa shape index (κ2) is 8.43. The number of carbonyl (C=O) groups excluding carboxylic acids is 3. The zero-order valence-corrected chi connectivity index (χ0v) is 17.9. The number of amides is 3. The monoisotopic (exact) mass is 483 g/mol. The van der Waals surface area contributed by atoms with Crippen LogP contribution in [0.2, 0.25) is 0 Å². The number of nitrogens with zero attached hydrogens (tertiary/aromatic N) is 3. The van der Waals surface area contributed by atoms with Gasteiger partial charge in [0, 0.05) is 10.5 Å². The number of halogens is 1. The fourth-order valence-corrected chi connectivity index (χ4v) is 4.23. The normalized spacial score (nSPS) is 20.0. The highest BCUT2D eigenvalue weighted by atomic mass is 79.9. The molecule has 1 fully saturated rings. The molecule has 1 aliphatic heterocycles. The molecule has 1 aliphatic carbocycles. The van der Waals surface area contributed by atoms with E-state index in [0.717, 1.165) is 14.5 Å². The van der Waals surface area contributed by atoms with E-state index in [-0.39, 0.29) is 17.8 Å². The van der Waals surface area contributed by atoms with E-state index in [0.29, 0.717) is 18.4 Å². The van der Waals surface area contributed by atoms with Crippen LogP contribution in [0.15, 0.2) is 65.2 Å². The van der Waals surface area contributed by atoms with Crippen LogP contribution in [0.25, 0.3) is 0 Å². The summed E-state index contributed by atoms with van der Waals surface area (Å²) in [4.78, 5) is 50.6. The van der Waals surface area contributed by atoms with E-state index in [1.807, 2.05) is 12.2 Å². The van der Waals surface area contributed by atoms with Gasteiger partial charge in [-0.1, -0.05) is 52.3 Å². The van der Waals surface area contributed by atoms with E-state index < -0.39 is 34.5 Å². The molecule has 9 heteroatoms. The van der Waals surface area contributed by atoms with Crippen LogP contribution in [0.4, 0.5) is 5.69 Å². The van der Waals surface area contributed by atoms with Crippen LogP contribution in [0, 0.1) is 22.0 Å². The van der Waals surface area contributed by atoms with Gasteiger partial charge in [0.2, 0.25) is 0 Å². The van der Waals surface area contributed by atoms with E-state index in [9.17, 15) is 24.5 Å². The number of hydrazine groups is 1. The molecule has 0 radical (unpaired) electrons. The van der Waals surface area contributed by atoms with Gasteiger partial charge in [-0.2, -0.15) is 5.01 Å². The van der Waals surface area contributed by atoms with Crippen molar-refractivity contribution in [3.63, 3.8) is 0 Å². The van der Waals surface area contributed by atoms with Gasteiger partial charge in [-0.25, -0.2) is 5.01 Å². The Morgan fingerprint density at radius 3 is 2.19 bits per heavy atom. The lowest BCUT2D eigenvalue weighted by Gasteiger charge is -2.30. The number of hydrogen-bond donors (Lipinski definition) is 0. The van der Waals surface area contributed by atoms with Crippen LogP contribution in [0.5, 0.6) is 0 Å². The number of benzene rings is 2. The summed E-state index contributed by atoms with van der Waals surface area (Å²) in [5.41, 5.74) is 0.105. The van der Waals surface area contributed by atoms with Crippen molar-refractivity contribution in [3.05, 3.63) is 86.4 Å². The Morgan fingerprint density at radius 1 is 1.03 bits per heavy atom. The van der Waals surface area contributed by atoms with Crippen molar-refractivity contribution in [1.29, 1.82) is 0 Å². The van der Waals surface area contributed by atoms with E-state index >= 15 is 0 Å². The molecule has 1 heterocycles. The van der Waals surface area contributed by atoms with Crippen molar-refractivity contribution in [2.24, 2.45) is 11.8 Å². The second-order valence-electron chi connectivity index (χ2n) is 7.41. The Bertz CT molecular complexity index is 1070. The van der Waals surface area contributed by atoms with Gasteiger partial charge >= 0.3 is 0 Å². The molecule has 4 rings (SSSR count). The molecule has 31 heavy (non-hydrogen) atoms. The van der Waals surface area contributed by atoms with Crippen LogP contribution in [0.3, 0.4) is 0 Å². The molecular formula is C22H18BrN3O5. The number of rotatable bonds is 5. The van der Waals surface area contributed by atoms with Crippen LogP contribution in [-0.4, -0.2) is 32.7 Å². The summed E-state index contributed by atoms with van der Waals surface area (Å²) < 4.78 is 0.832. The lowest BCUT2D eigenvalue weighted by molar-refractivity contribution is -0.385. The number of fused-ring (bicyclic) bond motifs is 1. The second-order valence-corrected chi connectivity index (χ2v) is 8.32. The Kier molecular flexibility index (Phi) is 5.69. The average Bonchev–Trinajstić information content (AvgIpc) is 3.03. The lowest BCUT2D eigenvalue weighted by Crippen LogP contribution is -2.49. The summed E-state index contributed by atoms with van der Waals surface area (Å²) in [6.45, 7) is -0.0808. The molecule has 2 aromatic rings. The topological polar surface area (TPSA) is 101 Å². The molecule has 1 saturated heterocycles. The SMILES string of the molecule is O=C(c1ccccc1[N+](=O)[O-])N(Cc1ccc(Br)cc1)N1C(=O)[C@H]2CC=CC[C@H]2C1=O. The Morgan fingerprint density at radius 2 is 1.61 bits per heavy atom. The number of nitro groups is 1. The van der Waals surface area contributed by atoms with Crippen LogP contribution >= 0.6 is 15.9 Å². The van der Waals surface area contributed by atoms with Gasteiger partial charge in [0.05, 0.1) is 23.3 Å². The highest BCUT2D eigenvalue weighted by molar-refractivity contribution is 9.10. The summed E-state index contributed by atoms with van der Waals surface area (Å²) in [6.07, 6.45) is 4.58. The average molecular weight is 484 g/mol. The molecule has 0 bridgehead atoms. The van der Waals surface area contributed by atoms with E-state index in [1.54, 1.807) is 24.3 Å². The third kappa shape index (κ3) is 3.88. The van der Waals surface area contributed by atoms with E-state index in [4.69, 9.17) is 0 Å². The number of imide groups is 1. The van der Waals surface area contributed by atoms with Crippen LogP contribution < -0.4 is 0 Å². The predicted molar refractivity (Wildman–Crippen MR) is 114 cm³/mol. The van der Waals surface area contributed by atoms with Crippen LogP contribution in [0.1, 0.15) is 28.8 Å². The van der Waals surface area contributed by atoms with Gasteiger partial charge in [0.25, 0.3) is 23.4 Å². The standard InChI is InChI=1S/C22H18BrN3O5/c23-15-11-9-14(10-12-15)13-24(20(27)18-7-3-4-8-19(18)26(30)31)25-21(28)16-5-1-2-6-17(16)22(25)29/h1-4,7-12,16-17H,5-6,13H2/t16-,17+. The minimum Gasteiger partial charge on any atom is -0.272 e. The smallest absolute Gasteiger partial charge is 0.272 e. The zero-order valence-electron chi connectivity index (χ0n) is 16.3. The summed E-state index contributed by atoms with van der Waals surface area (Å²) in [5.74, 6) is -2.73. The van der Waals surface area contributed by atoms with Gasteiger partial charge in [0.15, 0.2) is 0 Å². The largest absolute Gasteiger partial charge is 0.282 e. The third-order valence-electron chi connectivity index (χ3n) is 5.54. The summed E-state index contributed by atoms with van der Waals surface area (Å²) in [7, 11) is 0. The molecule has 3 amide bonds. The van der Waals surface area contributed by atoms with Crippen molar-refractivity contribution in [2.45, 2.75) is 19.4 Å². The number of allylic oxidation sites excluding steroid dienone is 2. The first kappa shape index (κ1) is 20.9. The molecular weight excluding hydrogens is 466 g/mol. The lowest BCUT2D eigenvalue weighted by atomic mass is 9.85. The molecule has 2 atom stereocenters. The first-order chi connectivity index (χ1) is 14.9. The predicted octanol–water partition coefficient (Wildman–Crippen LogP) is 3.87. The van der Waals surface area contributed by atoms with Gasteiger partial charge in [0.1, 0.15) is 5.56 Å². The van der Waals surface area contributed by atoms with Gasteiger partial charge < -0.3 is 0 Å². The molecule has 8 nitrogen and oxygen atoms in total. The molecule has 0 unspecified atom stereocenters. The Hall–Kier alpha value is -3.33. The van der Waals surface area contributed by atoms with Gasteiger partial charge in [-0.05, 0) is 36.6 Å². The highest BCUT2D eigenvalue weighted by Gasteiger charge is 2.51. The first-order valence-corrected chi connectivity index (χ1v) is 10.5. The molecule has 158 valence electrons. The number of nitro benzene ring substituents is 1.